The number of rotatable bonds is 7. The van der Waals surface area contributed by atoms with E-state index < -0.39 is 44.1 Å². The second-order valence-corrected chi connectivity index (χ2v) is 17.3. The molecule has 3 heterocycles. The van der Waals surface area contributed by atoms with Crippen molar-refractivity contribution < 1.29 is 45.1 Å². The Morgan fingerprint density at radius 3 is 1.53 bits per heavy atom. The van der Waals surface area contributed by atoms with E-state index in [1.165, 1.54) is 26.3 Å². The lowest BCUT2D eigenvalue weighted by Gasteiger charge is -2.36. The molecule has 16 heteroatoms. The molecule has 1 unspecified atom stereocenters. The lowest BCUT2D eigenvalue weighted by atomic mass is 9.94. The maximum absolute atomic E-state index is 14.4. The summed E-state index contributed by atoms with van der Waals surface area (Å²) in [5.41, 5.74) is 2.93. The molecule has 2 fully saturated rings. The molecule has 58 heavy (non-hydrogen) atoms. The predicted octanol–water partition coefficient (Wildman–Crippen LogP) is 4.57. The highest BCUT2D eigenvalue weighted by Crippen LogP contribution is 2.41. The summed E-state index contributed by atoms with van der Waals surface area (Å²) in [5.74, 6) is -1.52. The second kappa shape index (κ2) is 13.9. The Morgan fingerprint density at radius 2 is 1.10 bits per heavy atom. The van der Waals surface area contributed by atoms with Crippen molar-refractivity contribution in [3.8, 4) is 0 Å². The first-order valence-electron chi connectivity index (χ1n) is 18.2. The Kier molecular flexibility index (Phi) is 9.32. The average molecular weight is 823 g/mol. The molecular formula is C42H38N4O10S2. The van der Waals surface area contributed by atoms with Crippen LogP contribution in [0.4, 0.5) is 4.79 Å². The Bertz CT molecular complexity index is 3080. The molecule has 8 rings (SSSR count). The highest BCUT2D eigenvalue weighted by atomic mass is 32.2. The minimum atomic E-state index is -4.51. The van der Waals surface area contributed by atoms with Gasteiger partial charge in [0, 0.05) is 82.3 Å². The SMILES string of the molecule is COCC(C)N1C(=O)C(=C2C(=CC=c3c4cccc5c(S(=O)(=O)O)ccc(c54)n3C)CCC2=CC=c2c3cccc4c(S(=O)(=O)O)ccc(c43)n2C)C(=O)N(C)C1=O. The molecule has 1 saturated carbocycles. The zero-order valence-corrected chi connectivity index (χ0v) is 33.7. The van der Waals surface area contributed by atoms with Gasteiger partial charge in [-0.3, -0.25) is 28.5 Å². The van der Waals surface area contributed by atoms with Crippen LogP contribution in [-0.4, -0.2) is 89.5 Å². The van der Waals surface area contributed by atoms with E-state index >= 15 is 0 Å². The zero-order valence-electron chi connectivity index (χ0n) is 32.0. The van der Waals surface area contributed by atoms with Crippen LogP contribution in [0.3, 0.4) is 0 Å². The average Bonchev–Trinajstić information content (AvgIpc) is 3.78. The lowest BCUT2D eigenvalue weighted by Crippen LogP contribution is -2.58. The number of imide groups is 2. The number of ether oxygens (including phenoxy) is 1. The first-order valence-corrected chi connectivity index (χ1v) is 21.1. The molecule has 0 bridgehead atoms. The van der Waals surface area contributed by atoms with Crippen molar-refractivity contribution in [2.75, 3.05) is 20.8 Å². The van der Waals surface area contributed by atoms with Gasteiger partial charge in [-0.05, 0) is 72.9 Å². The first kappa shape index (κ1) is 38.9. The zero-order chi connectivity index (χ0) is 41.6. The highest BCUT2D eigenvalue weighted by molar-refractivity contribution is 7.86. The van der Waals surface area contributed by atoms with Gasteiger partial charge in [0.05, 0.1) is 12.6 Å². The van der Waals surface area contributed by atoms with E-state index in [2.05, 4.69) is 0 Å². The van der Waals surface area contributed by atoms with Gasteiger partial charge in [0.25, 0.3) is 32.1 Å². The van der Waals surface area contributed by atoms with Crippen LogP contribution >= 0.6 is 0 Å². The molecule has 0 spiro atoms. The molecular weight excluding hydrogens is 785 g/mol. The van der Waals surface area contributed by atoms with Crippen molar-refractivity contribution in [2.24, 2.45) is 14.1 Å². The van der Waals surface area contributed by atoms with E-state index in [-0.39, 0.29) is 22.0 Å². The number of nitrogens with zero attached hydrogens (tertiary/aromatic N) is 4. The van der Waals surface area contributed by atoms with Crippen LogP contribution in [0.1, 0.15) is 19.8 Å². The molecule has 1 atom stereocenters. The first-order chi connectivity index (χ1) is 27.4. The second-order valence-electron chi connectivity index (χ2n) is 14.6. The van der Waals surface area contributed by atoms with Crippen LogP contribution in [0.15, 0.2) is 105 Å². The number of benzene rings is 4. The molecule has 1 aliphatic carbocycles. The molecule has 298 valence electrons. The number of amides is 4. The monoisotopic (exact) mass is 822 g/mol. The maximum atomic E-state index is 14.4. The number of aromatic nitrogens is 2. The van der Waals surface area contributed by atoms with Gasteiger partial charge in [0.15, 0.2) is 0 Å². The van der Waals surface area contributed by atoms with Gasteiger partial charge in [-0.25, -0.2) is 4.79 Å². The van der Waals surface area contributed by atoms with E-state index in [4.69, 9.17) is 4.74 Å². The molecule has 4 amide bonds. The van der Waals surface area contributed by atoms with Gasteiger partial charge in [0.1, 0.15) is 15.4 Å². The normalized spacial score (nSPS) is 18.7. The Hall–Kier alpha value is -5.91. The number of methoxy groups -OCH3 is 1. The fraction of sp³-hybridized carbons (Fsp3) is 0.214. The largest absolute Gasteiger partial charge is 0.383 e. The summed E-state index contributed by atoms with van der Waals surface area (Å²) in [6, 6.07) is 14.9. The quantitative estimate of drug-likeness (QED) is 0.131. The van der Waals surface area contributed by atoms with E-state index in [0.29, 0.717) is 61.8 Å². The number of aryl methyl sites for hydroxylation is 2. The van der Waals surface area contributed by atoms with Crippen molar-refractivity contribution in [3.05, 3.63) is 106 Å². The third-order valence-electron chi connectivity index (χ3n) is 11.2. The highest BCUT2D eigenvalue weighted by Gasteiger charge is 2.45. The van der Waals surface area contributed by atoms with Crippen LogP contribution < -0.4 is 10.7 Å². The van der Waals surface area contributed by atoms with E-state index in [9.17, 15) is 40.3 Å². The van der Waals surface area contributed by atoms with Gasteiger partial charge >= 0.3 is 6.03 Å². The molecule has 0 radical (unpaired) electrons. The molecule has 1 saturated heterocycles. The van der Waals surface area contributed by atoms with Crippen molar-refractivity contribution in [2.45, 2.75) is 35.6 Å². The Morgan fingerprint density at radius 1 is 0.655 bits per heavy atom. The molecule has 14 nitrogen and oxygen atoms in total. The van der Waals surface area contributed by atoms with Gasteiger partial charge in [-0.1, -0.05) is 48.6 Å². The molecule has 1 aliphatic heterocycles. The molecule has 2 aromatic heterocycles. The van der Waals surface area contributed by atoms with Crippen LogP contribution in [0, 0.1) is 0 Å². The van der Waals surface area contributed by atoms with Gasteiger partial charge in [-0.15, -0.1) is 0 Å². The fourth-order valence-electron chi connectivity index (χ4n) is 8.55. The number of likely N-dealkylation sites (N-methyl/N-ethyl adjacent to an activating group) is 1. The van der Waals surface area contributed by atoms with Crippen LogP contribution in [0.5, 0.6) is 0 Å². The maximum Gasteiger partial charge on any atom is 0.334 e. The van der Waals surface area contributed by atoms with Crippen molar-refractivity contribution in [1.82, 2.24) is 18.9 Å². The van der Waals surface area contributed by atoms with Crippen LogP contribution in [0.25, 0.3) is 55.5 Å². The van der Waals surface area contributed by atoms with Gasteiger partial charge < -0.3 is 13.9 Å². The third-order valence-corrected chi connectivity index (χ3v) is 13.1. The van der Waals surface area contributed by atoms with Gasteiger partial charge in [-0.2, -0.15) is 16.8 Å². The fourth-order valence-corrected chi connectivity index (χ4v) is 9.93. The molecule has 6 aromatic rings. The van der Waals surface area contributed by atoms with Crippen LogP contribution in [-0.2, 0) is 48.7 Å². The summed E-state index contributed by atoms with van der Waals surface area (Å²) in [6.07, 6.45) is 8.16. The number of carbonyl (C=O) groups is 3. The number of allylic oxidation sites excluding steroid dienone is 5. The number of urea groups is 1. The third kappa shape index (κ3) is 5.98. The van der Waals surface area contributed by atoms with Crippen molar-refractivity contribution in [1.29, 1.82) is 0 Å². The van der Waals surface area contributed by atoms with Crippen molar-refractivity contribution in [3.63, 3.8) is 0 Å². The van der Waals surface area contributed by atoms with Gasteiger partial charge in [0.2, 0.25) is 0 Å². The van der Waals surface area contributed by atoms with Crippen molar-refractivity contribution >= 4 is 93.6 Å². The minimum absolute atomic E-state index is 0.0428. The van der Waals surface area contributed by atoms with Crippen LogP contribution in [0.2, 0.25) is 0 Å². The lowest BCUT2D eigenvalue weighted by molar-refractivity contribution is -0.137. The summed E-state index contributed by atoms with van der Waals surface area (Å²) >= 11 is 0. The summed E-state index contributed by atoms with van der Waals surface area (Å²) < 4.78 is 78.0. The molecule has 2 aliphatic rings. The topological polar surface area (TPSA) is 186 Å². The molecule has 2 N–H and O–H groups in total. The number of hydrogen-bond acceptors (Lipinski definition) is 8. The summed E-state index contributed by atoms with van der Waals surface area (Å²) in [4.78, 5) is 43.4. The summed E-state index contributed by atoms with van der Waals surface area (Å²) in [6.45, 7) is 1.70. The number of hydrogen-bond donors (Lipinski definition) is 2. The van der Waals surface area contributed by atoms with E-state index in [0.717, 1.165) is 31.6 Å². The summed E-state index contributed by atoms with van der Waals surface area (Å²) in [5, 5.41) is 4.85. The Labute approximate surface area is 332 Å². The molecule has 4 aromatic carbocycles. The van der Waals surface area contributed by atoms with E-state index in [1.807, 2.05) is 59.7 Å². The number of barbiturate groups is 1. The minimum Gasteiger partial charge on any atom is -0.383 e. The smallest absolute Gasteiger partial charge is 0.334 e. The predicted molar refractivity (Wildman–Crippen MR) is 219 cm³/mol. The number of carbonyl (C=O) groups excluding carboxylic acids is 3. The Balaban J connectivity index is 1.37. The van der Waals surface area contributed by atoms with E-state index in [1.54, 1.807) is 43.3 Å². The standard InChI is InChI=1S/C42H38N4O10S2/c1-23(22-56-5)46-41(48)39(40(47)45(4)42(46)49)36-24(14-16-30-26-8-6-10-28-34(57(50,51)52)20-18-32(37(26)28)43(30)2)12-13-25(36)15-17-31-27-9-7-11-29-35(58(53,54)55)21-19-33(38(27)29)44(31)3/h6-11,14-21,23H,12-13,22H2,1-5H3,(H,50,51,52)(H,53,54,55). The summed E-state index contributed by atoms with van der Waals surface area (Å²) in [7, 11) is -2.58.